The Morgan fingerprint density at radius 1 is 1.03 bits per heavy atom. The highest BCUT2D eigenvalue weighted by molar-refractivity contribution is 5.69. The molecule has 4 saturated carbocycles. The van der Waals surface area contributed by atoms with Crippen LogP contribution in [0.5, 0.6) is 0 Å². The Morgan fingerprint density at radius 2 is 1.72 bits per heavy atom. The molecule has 0 aromatic heterocycles. The van der Waals surface area contributed by atoms with Gasteiger partial charge in [-0.1, -0.05) is 34.1 Å². The average Bonchev–Trinajstić information content (AvgIpc) is 3.05. The van der Waals surface area contributed by atoms with E-state index in [1.165, 1.54) is 52.1 Å². The minimum absolute atomic E-state index is 0.0684. The molecule has 3 nitrogen and oxygen atoms in total. The Morgan fingerprint density at radius 3 is 2.45 bits per heavy atom. The van der Waals surface area contributed by atoms with Crippen molar-refractivity contribution >= 4 is 5.97 Å². The van der Waals surface area contributed by atoms with Crippen molar-refractivity contribution in [3.8, 4) is 0 Å². The fourth-order valence-corrected chi connectivity index (χ4v) is 9.12. The number of carbonyl (C=O) groups is 1. The first-order valence-corrected chi connectivity index (χ1v) is 12.5. The van der Waals surface area contributed by atoms with E-state index in [0.717, 1.165) is 30.6 Å². The molecule has 3 heteroatoms. The summed E-state index contributed by atoms with van der Waals surface area (Å²) in [6, 6.07) is 0. The number of fused-ring (bicyclic) bond motifs is 5. The van der Waals surface area contributed by atoms with Crippen molar-refractivity contribution in [3.05, 3.63) is 0 Å². The molecule has 0 heterocycles. The number of esters is 1. The van der Waals surface area contributed by atoms with Crippen LogP contribution in [0.4, 0.5) is 0 Å². The van der Waals surface area contributed by atoms with Crippen LogP contribution in [0.1, 0.15) is 91.9 Å². The largest absolute Gasteiger partial charge is 0.469 e. The number of hydrogen-bond donors (Lipinski definition) is 1. The summed E-state index contributed by atoms with van der Waals surface area (Å²) in [7, 11) is 1.50. The molecule has 4 aliphatic rings. The van der Waals surface area contributed by atoms with Crippen molar-refractivity contribution in [2.24, 2.45) is 52.3 Å². The van der Waals surface area contributed by atoms with Crippen molar-refractivity contribution in [1.29, 1.82) is 0 Å². The normalized spacial score (nSPS) is 50.2. The van der Waals surface area contributed by atoms with Gasteiger partial charge in [-0.05, 0) is 104 Å². The van der Waals surface area contributed by atoms with Crippen LogP contribution in [0.15, 0.2) is 0 Å². The second-order valence-electron chi connectivity index (χ2n) is 12.0. The molecule has 0 aromatic rings. The topological polar surface area (TPSA) is 46.5 Å². The van der Waals surface area contributed by atoms with Crippen LogP contribution in [0.25, 0.3) is 0 Å². The molecule has 4 rings (SSSR count). The molecule has 4 aliphatic carbocycles. The highest BCUT2D eigenvalue weighted by Gasteiger charge is 2.62. The van der Waals surface area contributed by atoms with Gasteiger partial charge in [0.15, 0.2) is 0 Å². The molecule has 1 N–H and O–H groups in total. The Balaban J connectivity index is 1.52. The van der Waals surface area contributed by atoms with Gasteiger partial charge in [-0.15, -0.1) is 0 Å². The Labute approximate surface area is 178 Å². The Bertz CT molecular complexity index is 617. The fourth-order valence-electron chi connectivity index (χ4n) is 9.12. The van der Waals surface area contributed by atoms with E-state index in [1.807, 2.05) is 0 Å². The summed E-state index contributed by atoms with van der Waals surface area (Å²) in [6.45, 7) is 9.85. The van der Waals surface area contributed by atoms with Gasteiger partial charge in [0.2, 0.25) is 0 Å². The van der Waals surface area contributed by atoms with Gasteiger partial charge in [0.05, 0.1) is 13.2 Å². The molecule has 0 bridgehead atoms. The molecule has 0 aliphatic heterocycles. The van der Waals surface area contributed by atoms with E-state index in [1.54, 1.807) is 0 Å². The molecule has 0 saturated heterocycles. The lowest BCUT2D eigenvalue weighted by Gasteiger charge is -2.62. The van der Waals surface area contributed by atoms with Crippen molar-refractivity contribution in [2.75, 3.05) is 7.11 Å². The number of methoxy groups -OCH3 is 1. The highest BCUT2D eigenvalue weighted by atomic mass is 16.5. The fraction of sp³-hybridized carbons (Fsp3) is 0.962. The average molecular weight is 405 g/mol. The summed E-state index contributed by atoms with van der Waals surface area (Å²) in [5, 5.41) is 11.2. The predicted molar refractivity (Wildman–Crippen MR) is 116 cm³/mol. The molecule has 0 radical (unpaired) electrons. The van der Waals surface area contributed by atoms with E-state index in [-0.39, 0.29) is 12.1 Å². The van der Waals surface area contributed by atoms with E-state index in [2.05, 4.69) is 27.7 Å². The summed E-state index contributed by atoms with van der Waals surface area (Å²) < 4.78 is 4.88. The summed E-state index contributed by atoms with van der Waals surface area (Å²) in [6.07, 6.45) is 11.7. The maximum absolute atomic E-state index is 11.7. The smallest absolute Gasteiger partial charge is 0.305 e. The number of hydrogen-bond acceptors (Lipinski definition) is 3. The molecule has 10 atom stereocenters. The zero-order valence-corrected chi connectivity index (χ0v) is 19.5. The SMILES string of the molecule is COC(=O)CCC(C)[C@H]1CCC2C3C[C@@H](O)[C@H]4CC(C)CC[C@]4(C)C3CC[C@@]21C. The predicted octanol–water partition coefficient (Wildman–Crippen LogP) is 5.84. The summed E-state index contributed by atoms with van der Waals surface area (Å²) >= 11 is 0. The van der Waals surface area contributed by atoms with Gasteiger partial charge in [-0.25, -0.2) is 0 Å². The van der Waals surface area contributed by atoms with E-state index >= 15 is 0 Å². The van der Waals surface area contributed by atoms with Crippen molar-refractivity contribution in [1.82, 2.24) is 0 Å². The second kappa shape index (κ2) is 7.84. The van der Waals surface area contributed by atoms with Gasteiger partial charge in [-0.3, -0.25) is 4.79 Å². The van der Waals surface area contributed by atoms with Gasteiger partial charge >= 0.3 is 5.97 Å². The van der Waals surface area contributed by atoms with Crippen molar-refractivity contribution < 1.29 is 14.6 Å². The Hall–Kier alpha value is -0.570. The molecule has 29 heavy (non-hydrogen) atoms. The summed E-state index contributed by atoms with van der Waals surface area (Å²) in [5.41, 5.74) is 0.742. The molecule has 0 spiro atoms. The number of ether oxygens (including phenoxy) is 1. The van der Waals surface area contributed by atoms with Crippen LogP contribution in [-0.4, -0.2) is 24.3 Å². The minimum Gasteiger partial charge on any atom is -0.469 e. The third kappa shape index (κ3) is 3.48. The summed E-state index contributed by atoms with van der Waals surface area (Å²) in [5.74, 6) is 4.80. The van der Waals surface area contributed by atoms with Crippen molar-refractivity contribution in [3.63, 3.8) is 0 Å². The maximum atomic E-state index is 11.7. The quantitative estimate of drug-likeness (QED) is 0.599. The first-order valence-electron chi connectivity index (χ1n) is 12.5. The second-order valence-corrected chi connectivity index (χ2v) is 12.0. The molecule has 0 aromatic carbocycles. The lowest BCUT2D eigenvalue weighted by Crippen LogP contribution is -2.57. The number of aliphatic hydroxyl groups excluding tert-OH is 1. The van der Waals surface area contributed by atoms with Crippen LogP contribution < -0.4 is 0 Å². The first-order chi connectivity index (χ1) is 13.7. The molecule has 4 fully saturated rings. The van der Waals surface area contributed by atoms with Crippen LogP contribution in [0.2, 0.25) is 0 Å². The number of carbonyl (C=O) groups excluding carboxylic acids is 1. The number of rotatable bonds is 4. The van der Waals surface area contributed by atoms with Crippen LogP contribution in [0.3, 0.4) is 0 Å². The van der Waals surface area contributed by atoms with E-state index in [9.17, 15) is 9.90 Å². The van der Waals surface area contributed by atoms with E-state index < -0.39 is 0 Å². The molecular formula is C26H44O3. The summed E-state index contributed by atoms with van der Waals surface area (Å²) in [4.78, 5) is 11.7. The lowest BCUT2D eigenvalue weighted by molar-refractivity contribution is -0.165. The van der Waals surface area contributed by atoms with Gasteiger partial charge in [0.25, 0.3) is 0 Å². The molecule has 0 amide bonds. The zero-order chi connectivity index (χ0) is 21.0. The van der Waals surface area contributed by atoms with Crippen molar-refractivity contribution in [2.45, 2.75) is 98.0 Å². The minimum atomic E-state index is -0.0952. The monoisotopic (exact) mass is 404 g/mol. The van der Waals surface area contributed by atoms with Crippen LogP contribution in [-0.2, 0) is 9.53 Å². The molecule has 166 valence electrons. The van der Waals surface area contributed by atoms with Crippen LogP contribution >= 0.6 is 0 Å². The van der Waals surface area contributed by atoms with E-state index in [0.29, 0.717) is 40.9 Å². The number of aliphatic hydroxyl groups is 1. The third-order valence-electron chi connectivity index (χ3n) is 10.7. The van der Waals surface area contributed by atoms with E-state index in [4.69, 9.17) is 4.74 Å². The lowest BCUT2D eigenvalue weighted by atomic mass is 9.43. The molecular weight excluding hydrogens is 360 g/mol. The highest BCUT2D eigenvalue weighted by Crippen LogP contribution is 2.68. The third-order valence-corrected chi connectivity index (χ3v) is 10.7. The van der Waals surface area contributed by atoms with Gasteiger partial charge in [0.1, 0.15) is 0 Å². The standard InChI is InChI=1S/C26H44O3/c1-16-10-12-26(4)21-11-13-25(3)19(17(2)6-9-24(28)29-5)7-8-20(25)18(21)15-23(27)22(26)14-16/h16-23,27H,6-15H2,1-5H3/t16?,17?,18?,19-,20?,21?,22-,23-,25-,26-/m1/s1. The zero-order valence-electron chi connectivity index (χ0n) is 19.5. The van der Waals surface area contributed by atoms with Gasteiger partial charge in [0, 0.05) is 6.42 Å². The van der Waals surface area contributed by atoms with Crippen LogP contribution in [0, 0.1) is 52.3 Å². The van der Waals surface area contributed by atoms with Gasteiger partial charge < -0.3 is 9.84 Å². The van der Waals surface area contributed by atoms with Gasteiger partial charge in [-0.2, -0.15) is 0 Å². The Kier molecular flexibility index (Phi) is 5.86. The molecule has 5 unspecified atom stereocenters. The first kappa shape index (κ1) is 21.7. The maximum Gasteiger partial charge on any atom is 0.305 e.